The molecule has 1 saturated carbocycles. The Labute approximate surface area is 109 Å². The second-order valence-electron chi connectivity index (χ2n) is 4.54. The molecule has 1 aliphatic rings. The number of phenolic OH excluding ortho intramolecular Hbond substituents is 1. The maximum atomic E-state index is 10.6. The van der Waals surface area contributed by atoms with E-state index >= 15 is 0 Å². The zero-order valence-corrected chi connectivity index (χ0v) is 11.2. The minimum Gasteiger partial charge on any atom is -0.508 e. The van der Waals surface area contributed by atoms with Gasteiger partial charge < -0.3 is 5.11 Å². The van der Waals surface area contributed by atoms with Crippen molar-refractivity contribution in [2.75, 3.05) is 0 Å². The van der Waals surface area contributed by atoms with Gasteiger partial charge in [0.25, 0.3) is 0 Å². The molecule has 1 aromatic rings. The Kier molecular flexibility index (Phi) is 3.36. The van der Waals surface area contributed by atoms with E-state index in [1.807, 2.05) is 13.0 Å². The first-order valence-corrected chi connectivity index (χ1v) is 6.47. The van der Waals surface area contributed by atoms with Gasteiger partial charge in [-0.25, -0.2) is 4.79 Å². The predicted molar refractivity (Wildman–Crippen MR) is 68.8 cm³/mol. The van der Waals surface area contributed by atoms with Crippen molar-refractivity contribution in [1.82, 2.24) is 0 Å². The summed E-state index contributed by atoms with van der Waals surface area (Å²) >= 11 is 3.42. The number of hydrogen-bond donors (Lipinski definition) is 1. The van der Waals surface area contributed by atoms with Gasteiger partial charge in [0.15, 0.2) is 0 Å². The van der Waals surface area contributed by atoms with Crippen LogP contribution in [0.15, 0.2) is 21.6 Å². The molecule has 0 saturated heterocycles. The smallest absolute Gasteiger partial charge is 0.235 e. The van der Waals surface area contributed by atoms with Crippen LogP contribution in [0.3, 0.4) is 0 Å². The summed E-state index contributed by atoms with van der Waals surface area (Å²) in [6.07, 6.45) is 5.48. The van der Waals surface area contributed by atoms with Gasteiger partial charge in [-0.05, 0) is 37.5 Å². The van der Waals surface area contributed by atoms with Gasteiger partial charge in [-0.3, -0.25) is 0 Å². The number of phenols is 1. The first-order chi connectivity index (χ1) is 8.09. The normalized spacial score (nSPS) is 17.8. The fraction of sp³-hybridized carbons (Fsp3) is 0.462. The average molecular weight is 296 g/mol. The van der Waals surface area contributed by atoms with Crippen LogP contribution in [-0.2, 0) is 10.3 Å². The zero-order chi connectivity index (χ0) is 12.5. The van der Waals surface area contributed by atoms with Gasteiger partial charge in [0.1, 0.15) is 5.75 Å². The molecule has 3 nitrogen and oxygen atoms in total. The van der Waals surface area contributed by atoms with Gasteiger partial charge in [-0.15, -0.1) is 0 Å². The lowest BCUT2D eigenvalue weighted by molar-refractivity contribution is 0.441. The summed E-state index contributed by atoms with van der Waals surface area (Å²) in [6, 6.07) is 3.66. The number of aliphatic imine (C=N–C) groups is 1. The molecule has 0 radical (unpaired) electrons. The number of carbonyl (C=O) groups excluding carboxylic acids is 1. The molecule has 1 fully saturated rings. The minimum atomic E-state index is -0.477. The lowest BCUT2D eigenvalue weighted by atomic mass is 9.88. The fourth-order valence-corrected chi connectivity index (χ4v) is 2.90. The van der Waals surface area contributed by atoms with Crippen LogP contribution in [0.4, 0.5) is 0 Å². The SMILES string of the molecule is Cc1c(O)cc(C2(N=C=O)CCCC2)cc1Br. The molecule has 1 aromatic carbocycles. The van der Waals surface area contributed by atoms with Crippen molar-refractivity contribution in [1.29, 1.82) is 0 Å². The summed E-state index contributed by atoms with van der Waals surface area (Å²) in [5, 5.41) is 9.85. The molecule has 0 aliphatic heterocycles. The summed E-state index contributed by atoms with van der Waals surface area (Å²) in [5.41, 5.74) is 1.22. The van der Waals surface area contributed by atoms with E-state index in [-0.39, 0.29) is 5.75 Å². The minimum absolute atomic E-state index is 0.238. The van der Waals surface area contributed by atoms with Crippen molar-refractivity contribution >= 4 is 22.0 Å². The summed E-state index contributed by atoms with van der Waals surface area (Å²) in [4.78, 5) is 14.6. The predicted octanol–water partition coefficient (Wildman–Crippen LogP) is 3.57. The third-order valence-corrected chi connectivity index (χ3v) is 4.37. The van der Waals surface area contributed by atoms with Crippen LogP contribution >= 0.6 is 15.9 Å². The quantitative estimate of drug-likeness (QED) is 0.670. The van der Waals surface area contributed by atoms with Crippen LogP contribution in [0, 0.1) is 6.92 Å². The van der Waals surface area contributed by atoms with Gasteiger partial charge in [-0.1, -0.05) is 28.8 Å². The van der Waals surface area contributed by atoms with Crippen LogP contribution in [0.2, 0.25) is 0 Å². The van der Waals surface area contributed by atoms with Crippen LogP contribution in [0.5, 0.6) is 5.75 Å². The Morgan fingerprint density at radius 1 is 1.41 bits per heavy atom. The molecule has 0 unspecified atom stereocenters. The summed E-state index contributed by atoms with van der Waals surface area (Å²) in [7, 11) is 0. The van der Waals surface area contributed by atoms with Crippen LogP contribution in [-0.4, -0.2) is 11.2 Å². The highest BCUT2D eigenvalue weighted by Gasteiger charge is 2.36. The standard InChI is InChI=1S/C13H14BrNO2/c1-9-11(14)6-10(7-12(9)17)13(15-8-16)4-2-3-5-13/h6-7,17H,2-5H2,1H3. The van der Waals surface area contributed by atoms with Crippen molar-refractivity contribution in [2.24, 2.45) is 4.99 Å². The van der Waals surface area contributed by atoms with Gasteiger partial charge >= 0.3 is 0 Å². The van der Waals surface area contributed by atoms with E-state index < -0.39 is 5.54 Å². The highest BCUT2D eigenvalue weighted by molar-refractivity contribution is 9.10. The molecule has 4 heteroatoms. The topological polar surface area (TPSA) is 49.7 Å². The zero-order valence-electron chi connectivity index (χ0n) is 9.66. The van der Waals surface area contributed by atoms with Gasteiger partial charge in [0.2, 0.25) is 6.08 Å². The molecular formula is C13H14BrNO2. The monoisotopic (exact) mass is 295 g/mol. The Morgan fingerprint density at radius 3 is 2.59 bits per heavy atom. The largest absolute Gasteiger partial charge is 0.508 e. The third kappa shape index (κ3) is 2.15. The Balaban J connectivity index is 2.54. The molecule has 1 aliphatic carbocycles. The lowest BCUT2D eigenvalue weighted by Crippen LogP contribution is -2.18. The molecule has 0 spiro atoms. The second-order valence-corrected chi connectivity index (χ2v) is 5.40. The third-order valence-electron chi connectivity index (χ3n) is 3.54. The number of halogens is 1. The second kappa shape index (κ2) is 4.63. The number of rotatable bonds is 2. The summed E-state index contributed by atoms with van der Waals surface area (Å²) in [5.74, 6) is 0.238. The molecule has 0 bridgehead atoms. The van der Waals surface area contributed by atoms with Crippen molar-refractivity contribution in [3.63, 3.8) is 0 Å². The molecule has 17 heavy (non-hydrogen) atoms. The van der Waals surface area contributed by atoms with Crippen LogP contribution < -0.4 is 0 Å². The van der Waals surface area contributed by atoms with Crippen molar-refractivity contribution in [3.05, 3.63) is 27.7 Å². The number of isocyanates is 1. The van der Waals surface area contributed by atoms with E-state index in [4.69, 9.17) is 0 Å². The molecule has 0 aromatic heterocycles. The van der Waals surface area contributed by atoms with Crippen LogP contribution in [0.1, 0.15) is 36.8 Å². The highest BCUT2D eigenvalue weighted by Crippen LogP contribution is 2.44. The molecule has 1 N–H and O–H groups in total. The number of aromatic hydroxyl groups is 1. The van der Waals surface area contributed by atoms with Crippen molar-refractivity contribution in [3.8, 4) is 5.75 Å². The molecule has 0 amide bonds. The van der Waals surface area contributed by atoms with E-state index in [9.17, 15) is 9.90 Å². The first-order valence-electron chi connectivity index (χ1n) is 5.68. The highest BCUT2D eigenvalue weighted by atomic mass is 79.9. The first kappa shape index (κ1) is 12.3. The van der Waals surface area contributed by atoms with Gasteiger partial charge in [-0.2, -0.15) is 4.99 Å². The van der Waals surface area contributed by atoms with E-state index in [2.05, 4.69) is 20.9 Å². The number of hydrogen-bond acceptors (Lipinski definition) is 3. The molecular weight excluding hydrogens is 282 g/mol. The van der Waals surface area contributed by atoms with Crippen molar-refractivity contribution < 1.29 is 9.90 Å². The maximum absolute atomic E-state index is 10.6. The van der Waals surface area contributed by atoms with E-state index in [1.165, 1.54) is 0 Å². The van der Waals surface area contributed by atoms with E-state index in [0.29, 0.717) is 0 Å². The van der Waals surface area contributed by atoms with Gasteiger partial charge in [0, 0.05) is 10.0 Å². The van der Waals surface area contributed by atoms with E-state index in [1.54, 1.807) is 12.1 Å². The molecule has 90 valence electrons. The Bertz CT molecular complexity index is 463. The summed E-state index contributed by atoms with van der Waals surface area (Å²) < 4.78 is 0.847. The van der Waals surface area contributed by atoms with Gasteiger partial charge in [0.05, 0.1) is 5.54 Å². The summed E-state index contributed by atoms with van der Waals surface area (Å²) in [6.45, 7) is 1.84. The van der Waals surface area contributed by atoms with Crippen molar-refractivity contribution in [2.45, 2.75) is 38.1 Å². The average Bonchev–Trinajstić information content (AvgIpc) is 2.75. The maximum Gasteiger partial charge on any atom is 0.235 e. The Hall–Kier alpha value is -1.12. The van der Waals surface area contributed by atoms with E-state index in [0.717, 1.165) is 41.3 Å². The molecule has 0 heterocycles. The number of nitrogens with zero attached hydrogens (tertiary/aromatic N) is 1. The molecule has 0 atom stereocenters. The fourth-order valence-electron chi connectivity index (χ4n) is 2.45. The Morgan fingerprint density at radius 2 is 2.06 bits per heavy atom. The lowest BCUT2D eigenvalue weighted by Gasteiger charge is -2.23. The molecule has 2 rings (SSSR count). The number of benzene rings is 1. The van der Waals surface area contributed by atoms with Crippen LogP contribution in [0.25, 0.3) is 0 Å².